The molecule has 0 aliphatic carbocycles. The predicted molar refractivity (Wildman–Crippen MR) is 133 cm³/mol. The molecule has 1 aliphatic rings. The average molecular weight is 493 g/mol. The minimum Gasteiger partial charge on any atom is -0.368 e. The van der Waals surface area contributed by atoms with Gasteiger partial charge >= 0.3 is 6.03 Å². The molecule has 11 nitrogen and oxygen atoms in total. The first-order valence-electron chi connectivity index (χ1n) is 11.9. The van der Waals surface area contributed by atoms with Gasteiger partial charge in [-0.25, -0.2) is 4.79 Å². The second-order valence-corrected chi connectivity index (χ2v) is 9.48. The van der Waals surface area contributed by atoms with Crippen molar-refractivity contribution < 1.29 is 24.0 Å². The van der Waals surface area contributed by atoms with Crippen molar-refractivity contribution in [2.24, 2.45) is 5.73 Å². The monoisotopic (exact) mass is 492 g/mol. The number of nitrogens with two attached hydrogens (primary N) is 1. The third kappa shape index (κ3) is 10.6. The lowest BCUT2D eigenvalue weighted by Crippen LogP contribution is -2.59. The molecule has 0 bridgehead atoms. The Kier molecular flexibility index (Phi) is 12.0. The van der Waals surface area contributed by atoms with Crippen LogP contribution in [0.3, 0.4) is 0 Å². The summed E-state index contributed by atoms with van der Waals surface area (Å²) < 4.78 is 0. The molecule has 1 saturated heterocycles. The molecule has 1 heterocycles. The van der Waals surface area contributed by atoms with Crippen molar-refractivity contribution >= 4 is 29.7 Å². The normalized spacial score (nSPS) is 17.7. The minimum absolute atomic E-state index is 0.108. The fourth-order valence-electron chi connectivity index (χ4n) is 3.69. The Morgan fingerprint density at radius 2 is 1.63 bits per heavy atom. The number of likely N-dealkylation sites (tertiary alicyclic amines) is 1. The molecule has 0 aromatic carbocycles. The van der Waals surface area contributed by atoms with Crippen LogP contribution in [0.15, 0.2) is 23.3 Å². The molecule has 35 heavy (non-hydrogen) atoms. The van der Waals surface area contributed by atoms with Crippen molar-refractivity contribution in [2.75, 3.05) is 13.1 Å². The van der Waals surface area contributed by atoms with Gasteiger partial charge in [-0.2, -0.15) is 0 Å². The van der Waals surface area contributed by atoms with E-state index in [1.807, 2.05) is 27.7 Å². The lowest BCUT2D eigenvalue weighted by Gasteiger charge is -2.29. The summed E-state index contributed by atoms with van der Waals surface area (Å²) in [4.78, 5) is 63.4. The third-order valence-electron chi connectivity index (χ3n) is 5.15. The Morgan fingerprint density at radius 3 is 2.17 bits per heavy atom. The molecular weight excluding hydrogens is 452 g/mol. The summed E-state index contributed by atoms with van der Waals surface area (Å²) >= 11 is 0. The van der Waals surface area contributed by atoms with Crippen LogP contribution in [0, 0.1) is 0 Å². The fourth-order valence-corrected chi connectivity index (χ4v) is 3.69. The van der Waals surface area contributed by atoms with Gasteiger partial charge in [0.2, 0.25) is 23.6 Å². The summed E-state index contributed by atoms with van der Waals surface area (Å²) in [7, 11) is 0. The molecule has 1 rings (SSSR count). The fraction of sp³-hybridized carbons (Fsp3) is 0.625. The number of urea groups is 1. The minimum atomic E-state index is -1.00. The molecule has 0 saturated carbocycles. The summed E-state index contributed by atoms with van der Waals surface area (Å²) in [6.45, 7) is 11.3. The van der Waals surface area contributed by atoms with E-state index in [1.54, 1.807) is 13.8 Å². The number of nitrogens with zero attached hydrogens (tertiary/aromatic N) is 1. The highest BCUT2D eigenvalue weighted by molar-refractivity contribution is 5.96. The number of allylic oxidation sites excluding steroid dienone is 2. The van der Waals surface area contributed by atoms with E-state index in [4.69, 9.17) is 5.73 Å². The van der Waals surface area contributed by atoms with Crippen molar-refractivity contribution in [1.82, 2.24) is 26.2 Å². The van der Waals surface area contributed by atoms with E-state index >= 15 is 0 Å². The van der Waals surface area contributed by atoms with Crippen LogP contribution < -0.4 is 27.0 Å². The molecule has 6 amide bonds. The van der Waals surface area contributed by atoms with Crippen molar-refractivity contribution in [3.05, 3.63) is 23.3 Å². The van der Waals surface area contributed by atoms with E-state index in [-0.39, 0.29) is 30.8 Å². The van der Waals surface area contributed by atoms with Gasteiger partial charge in [0.05, 0.1) is 6.04 Å². The van der Waals surface area contributed by atoms with Crippen LogP contribution in [-0.4, -0.2) is 71.8 Å². The number of nitrogens with one attached hydrogen (secondary N) is 4. The zero-order chi connectivity index (χ0) is 26.7. The summed E-state index contributed by atoms with van der Waals surface area (Å²) in [5.41, 5.74) is 7.13. The van der Waals surface area contributed by atoms with E-state index < -0.39 is 36.0 Å². The summed E-state index contributed by atoms with van der Waals surface area (Å²) in [5.74, 6) is -1.89. The lowest BCUT2D eigenvalue weighted by molar-refractivity contribution is -0.137. The van der Waals surface area contributed by atoms with E-state index in [2.05, 4.69) is 21.3 Å². The highest BCUT2D eigenvalue weighted by Crippen LogP contribution is 2.20. The quantitative estimate of drug-likeness (QED) is 0.209. The number of hydrogen-bond donors (Lipinski definition) is 5. The first-order valence-corrected chi connectivity index (χ1v) is 11.9. The maximum Gasteiger partial charge on any atom is 0.315 e. The standard InChI is InChI=1S/C24H40N6O5/c1-14(2)12-19(31)26-10-7-8-18(22(25)33)28-23(34)21-17(29-24(35)27-16(5)6)9-11-30(21)20(32)13-15(3)4/h12-13,16-18,21H,7-11H2,1-6H3,(H2,25,33)(H,26,31)(H,28,34)(H2,27,29,35). The summed E-state index contributed by atoms with van der Waals surface area (Å²) in [6, 6.07) is -3.19. The van der Waals surface area contributed by atoms with Crippen LogP contribution in [0.2, 0.25) is 0 Å². The molecule has 3 unspecified atom stereocenters. The van der Waals surface area contributed by atoms with Gasteiger partial charge in [-0.1, -0.05) is 11.1 Å². The van der Waals surface area contributed by atoms with E-state index in [0.717, 1.165) is 11.1 Å². The number of carbonyl (C=O) groups is 5. The average Bonchev–Trinajstić information content (AvgIpc) is 3.11. The van der Waals surface area contributed by atoms with Gasteiger partial charge in [0.25, 0.3) is 0 Å². The van der Waals surface area contributed by atoms with Crippen LogP contribution in [0.1, 0.15) is 60.8 Å². The maximum atomic E-state index is 13.3. The molecule has 1 fully saturated rings. The Bertz CT molecular complexity index is 858. The molecule has 11 heteroatoms. The van der Waals surface area contributed by atoms with Gasteiger partial charge in [-0.05, 0) is 60.8 Å². The first kappa shape index (κ1) is 29.7. The molecule has 0 aromatic heterocycles. The van der Waals surface area contributed by atoms with Crippen LogP contribution in [-0.2, 0) is 19.2 Å². The predicted octanol–water partition coefficient (Wildman–Crippen LogP) is 0.462. The highest BCUT2D eigenvalue weighted by Gasteiger charge is 2.43. The maximum absolute atomic E-state index is 13.3. The van der Waals surface area contributed by atoms with Gasteiger partial charge in [0.15, 0.2) is 0 Å². The largest absolute Gasteiger partial charge is 0.368 e. The van der Waals surface area contributed by atoms with Gasteiger partial charge in [-0.15, -0.1) is 0 Å². The summed E-state index contributed by atoms with van der Waals surface area (Å²) in [6.07, 6.45) is 3.88. The number of rotatable bonds is 11. The highest BCUT2D eigenvalue weighted by atomic mass is 16.2. The van der Waals surface area contributed by atoms with E-state index in [9.17, 15) is 24.0 Å². The molecule has 1 aliphatic heterocycles. The molecule has 0 spiro atoms. The van der Waals surface area contributed by atoms with Crippen molar-refractivity contribution in [3.63, 3.8) is 0 Å². The molecule has 3 atom stereocenters. The van der Waals surface area contributed by atoms with E-state index in [0.29, 0.717) is 19.4 Å². The SMILES string of the molecule is CC(C)=CC(=O)NCCCC(NC(=O)C1C(NC(=O)NC(C)C)CCN1C(=O)C=C(C)C)C(N)=O. The number of carbonyl (C=O) groups excluding carboxylic acids is 5. The van der Waals surface area contributed by atoms with Crippen LogP contribution in [0.4, 0.5) is 4.79 Å². The molecule has 0 aromatic rings. The summed E-state index contributed by atoms with van der Waals surface area (Å²) in [5, 5.41) is 10.8. The van der Waals surface area contributed by atoms with Crippen LogP contribution in [0.25, 0.3) is 0 Å². The van der Waals surface area contributed by atoms with E-state index in [1.165, 1.54) is 17.1 Å². The van der Waals surface area contributed by atoms with Gasteiger partial charge in [-0.3, -0.25) is 19.2 Å². The Labute approximate surface area is 207 Å². The molecular formula is C24H40N6O5. The Morgan fingerprint density at radius 1 is 1.00 bits per heavy atom. The first-order chi connectivity index (χ1) is 16.3. The van der Waals surface area contributed by atoms with Crippen molar-refractivity contribution in [1.29, 1.82) is 0 Å². The smallest absolute Gasteiger partial charge is 0.315 e. The van der Waals surface area contributed by atoms with Crippen molar-refractivity contribution in [2.45, 2.75) is 85.0 Å². The molecule has 196 valence electrons. The second-order valence-electron chi connectivity index (χ2n) is 9.48. The van der Waals surface area contributed by atoms with Gasteiger partial charge in [0, 0.05) is 31.3 Å². The lowest BCUT2D eigenvalue weighted by atomic mass is 10.1. The van der Waals surface area contributed by atoms with Crippen LogP contribution >= 0.6 is 0 Å². The van der Waals surface area contributed by atoms with Crippen molar-refractivity contribution in [3.8, 4) is 0 Å². The molecule has 6 N–H and O–H groups in total. The van der Waals surface area contributed by atoms with Gasteiger partial charge < -0.3 is 31.9 Å². The van der Waals surface area contributed by atoms with Crippen LogP contribution in [0.5, 0.6) is 0 Å². The Hall–Kier alpha value is -3.37. The number of primary amides is 1. The Balaban J connectivity index is 2.93. The second kappa shape index (κ2) is 14.1. The topological polar surface area (TPSA) is 163 Å². The number of hydrogen-bond acceptors (Lipinski definition) is 5. The number of amides is 6. The molecule has 0 radical (unpaired) electrons. The van der Waals surface area contributed by atoms with Gasteiger partial charge in [0.1, 0.15) is 12.1 Å². The zero-order valence-corrected chi connectivity index (χ0v) is 21.6. The third-order valence-corrected chi connectivity index (χ3v) is 5.15. The zero-order valence-electron chi connectivity index (χ0n) is 21.6.